The SMILES string of the molecule is C#CCN(CC1CC1)CC(C)(N)c1ccccc1. The molecule has 96 valence electrons. The van der Waals surface area contributed by atoms with Crippen molar-refractivity contribution >= 4 is 0 Å². The molecule has 0 bridgehead atoms. The van der Waals surface area contributed by atoms with Crippen molar-refractivity contribution < 1.29 is 0 Å². The van der Waals surface area contributed by atoms with Gasteiger partial charge in [0.15, 0.2) is 0 Å². The Morgan fingerprint density at radius 2 is 2.06 bits per heavy atom. The van der Waals surface area contributed by atoms with Crippen LogP contribution in [0.25, 0.3) is 0 Å². The van der Waals surface area contributed by atoms with Crippen LogP contribution in [0.1, 0.15) is 25.3 Å². The molecule has 1 unspecified atom stereocenters. The van der Waals surface area contributed by atoms with Gasteiger partial charge in [-0.2, -0.15) is 0 Å². The Labute approximate surface area is 110 Å². The van der Waals surface area contributed by atoms with Gasteiger partial charge in [0, 0.05) is 13.1 Å². The zero-order valence-corrected chi connectivity index (χ0v) is 11.1. The smallest absolute Gasteiger partial charge is 0.0599 e. The van der Waals surface area contributed by atoms with Gasteiger partial charge in [0.1, 0.15) is 0 Å². The molecule has 2 nitrogen and oxygen atoms in total. The molecule has 1 fully saturated rings. The zero-order chi connectivity index (χ0) is 13.0. The van der Waals surface area contributed by atoms with Gasteiger partial charge in [0.25, 0.3) is 0 Å². The summed E-state index contributed by atoms with van der Waals surface area (Å²) in [6, 6.07) is 10.3. The van der Waals surface area contributed by atoms with Crippen LogP contribution in [0.5, 0.6) is 0 Å². The Bertz CT molecular complexity index is 412. The van der Waals surface area contributed by atoms with E-state index in [0.717, 1.165) is 19.0 Å². The van der Waals surface area contributed by atoms with E-state index in [1.54, 1.807) is 0 Å². The molecule has 2 heteroatoms. The van der Waals surface area contributed by atoms with Gasteiger partial charge in [0.2, 0.25) is 0 Å². The molecule has 1 saturated carbocycles. The third-order valence-electron chi connectivity index (χ3n) is 3.51. The van der Waals surface area contributed by atoms with Crippen LogP contribution < -0.4 is 5.73 Å². The largest absolute Gasteiger partial charge is 0.321 e. The van der Waals surface area contributed by atoms with E-state index in [1.807, 2.05) is 18.2 Å². The van der Waals surface area contributed by atoms with E-state index in [0.29, 0.717) is 6.54 Å². The van der Waals surface area contributed by atoms with Gasteiger partial charge in [-0.05, 0) is 31.2 Å². The van der Waals surface area contributed by atoms with Gasteiger partial charge < -0.3 is 5.73 Å². The van der Waals surface area contributed by atoms with Crippen molar-refractivity contribution in [1.29, 1.82) is 0 Å². The van der Waals surface area contributed by atoms with Crippen LogP contribution >= 0.6 is 0 Å². The molecule has 1 aromatic rings. The van der Waals surface area contributed by atoms with Gasteiger partial charge in [0.05, 0.1) is 12.1 Å². The number of terminal acetylenes is 1. The van der Waals surface area contributed by atoms with Crippen LogP contribution in [0.2, 0.25) is 0 Å². The van der Waals surface area contributed by atoms with Crippen molar-refractivity contribution in [3.05, 3.63) is 35.9 Å². The summed E-state index contributed by atoms with van der Waals surface area (Å²) in [5.41, 5.74) is 7.28. The zero-order valence-electron chi connectivity index (χ0n) is 11.1. The Morgan fingerprint density at radius 1 is 1.39 bits per heavy atom. The lowest BCUT2D eigenvalue weighted by molar-refractivity contribution is 0.232. The molecule has 1 aliphatic carbocycles. The van der Waals surface area contributed by atoms with Crippen molar-refractivity contribution in [2.75, 3.05) is 19.6 Å². The Morgan fingerprint density at radius 3 is 2.61 bits per heavy atom. The van der Waals surface area contributed by atoms with Crippen LogP contribution in [0.3, 0.4) is 0 Å². The van der Waals surface area contributed by atoms with Crippen molar-refractivity contribution in [2.45, 2.75) is 25.3 Å². The topological polar surface area (TPSA) is 29.3 Å². The minimum Gasteiger partial charge on any atom is -0.321 e. The second-order valence-electron chi connectivity index (χ2n) is 5.60. The lowest BCUT2D eigenvalue weighted by atomic mass is 9.92. The third-order valence-corrected chi connectivity index (χ3v) is 3.51. The fraction of sp³-hybridized carbons (Fsp3) is 0.500. The quantitative estimate of drug-likeness (QED) is 0.775. The van der Waals surface area contributed by atoms with E-state index in [4.69, 9.17) is 12.2 Å². The van der Waals surface area contributed by atoms with Gasteiger partial charge in [-0.25, -0.2) is 0 Å². The number of rotatable bonds is 6. The van der Waals surface area contributed by atoms with Gasteiger partial charge in [-0.1, -0.05) is 36.3 Å². The predicted octanol–water partition coefficient (Wildman–Crippen LogP) is 2.21. The Balaban J connectivity index is 2.02. The maximum Gasteiger partial charge on any atom is 0.0599 e. The first-order valence-corrected chi connectivity index (χ1v) is 6.62. The molecule has 1 aliphatic rings. The number of hydrogen-bond acceptors (Lipinski definition) is 2. The van der Waals surface area contributed by atoms with Crippen molar-refractivity contribution in [1.82, 2.24) is 4.90 Å². The number of nitrogens with two attached hydrogens (primary N) is 1. The molecule has 1 aromatic carbocycles. The summed E-state index contributed by atoms with van der Waals surface area (Å²) < 4.78 is 0. The summed E-state index contributed by atoms with van der Waals surface area (Å²) in [4.78, 5) is 2.31. The average molecular weight is 242 g/mol. The second kappa shape index (κ2) is 5.56. The summed E-state index contributed by atoms with van der Waals surface area (Å²) in [6.07, 6.45) is 8.13. The first-order valence-electron chi connectivity index (χ1n) is 6.62. The standard InChI is InChI=1S/C16H22N2/c1-3-11-18(12-14-9-10-14)13-16(2,17)15-7-5-4-6-8-15/h1,4-8,14H,9-13,17H2,2H3. The lowest BCUT2D eigenvalue weighted by Gasteiger charge is -2.32. The maximum absolute atomic E-state index is 6.46. The molecule has 0 saturated heterocycles. The van der Waals surface area contributed by atoms with Crippen LogP contribution in [-0.4, -0.2) is 24.5 Å². The maximum atomic E-state index is 6.46. The lowest BCUT2D eigenvalue weighted by Crippen LogP contribution is -2.46. The monoisotopic (exact) mass is 242 g/mol. The van der Waals surface area contributed by atoms with E-state index < -0.39 is 0 Å². The highest BCUT2D eigenvalue weighted by molar-refractivity contribution is 5.23. The molecule has 18 heavy (non-hydrogen) atoms. The minimum atomic E-state index is -0.340. The van der Waals surface area contributed by atoms with Crippen molar-refractivity contribution in [3.63, 3.8) is 0 Å². The fourth-order valence-corrected chi connectivity index (χ4v) is 2.35. The van der Waals surface area contributed by atoms with Crippen molar-refractivity contribution in [3.8, 4) is 12.3 Å². The van der Waals surface area contributed by atoms with Crippen LogP contribution in [0.4, 0.5) is 0 Å². The molecule has 0 spiro atoms. The normalized spacial score (nSPS) is 18.3. The van der Waals surface area contributed by atoms with Crippen LogP contribution in [-0.2, 0) is 5.54 Å². The molecule has 0 radical (unpaired) electrons. The molecule has 0 aromatic heterocycles. The summed E-state index contributed by atoms with van der Waals surface area (Å²) in [5.74, 6) is 3.58. The third kappa shape index (κ3) is 3.60. The van der Waals surface area contributed by atoms with Crippen molar-refractivity contribution in [2.24, 2.45) is 11.7 Å². The molecule has 2 N–H and O–H groups in total. The molecule has 1 atom stereocenters. The minimum absolute atomic E-state index is 0.340. The molecular formula is C16H22N2. The summed E-state index contributed by atoms with van der Waals surface area (Å²) in [6.45, 7) is 4.68. The predicted molar refractivity (Wildman–Crippen MR) is 76.0 cm³/mol. The molecule has 2 rings (SSSR count). The number of nitrogens with zero attached hydrogens (tertiary/aromatic N) is 1. The Hall–Kier alpha value is -1.30. The molecular weight excluding hydrogens is 220 g/mol. The van der Waals surface area contributed by atoms with E-state index in [2.05, 4.69) is 29.9 Å². The van der Waals surface area contributed by atoms with E-state index in [9.17, 15) is 0 Å². The summed E-state index contributed by atoms with van der Waals surface area (Å²) in [7, 11) is 0. The van der Waals surface area contributed by atoms with E-state index in [1.165, 1.54) is 18.4 Å². The Kier molecular flexibility index (Phi) is 4.06. The first-order chi connectivity index (χ1) is 8.62. The highest BCUT2D eigenvalue weighted by Gasteiger charge is 2.28. The summed E-state index contributed by atoms with van der Waals surface area (Å²) in [5, 5.41) is 0. The highest BCUT2D eigenvalue weighted by Crippen LogP contribution is 2.30. The van der Waals surface area contributed by atoms with E-state index in [-0.39, 0.29) is 5.54 Å². The molecule has 0 heterocycles. The van der Waals surface area contributed by atoms with Gasteiger partial charge in [-0.15, -0.1) is 6.42 Å². The highest BCUT2D eigenvalue weighted by atomic mass is 15.1. The number of hydrogen-bond donors (Lipinski definition) is 1. The van der Waals surface area contributed by atoms with E-state index >= 15 is 0 Å². The fourth-order valence-electron chi connectivity index (χ4n) is 2.35. The van der Waals surface area contributed by atoms with Gasteiger partial charge >= 0.3 is 0 Å². The van der Waals surface area contributed by atoms with Crippen LogP contribution in [0.15, 0.2) is 30.3 Å². The molecule has 0 amide bonds. The average Bonchev–Trinajstić information content (AvgIpc) is 3.14. The van der Waals surface area contributed by atoms with Crippen LogP contribution in [0, 0.1) is 18.3 Å². The summed E-state index contributed by atoms with van der Waals surface area (Å²) >= 11 is 0. The second-order valence-corrected chi connectivity index (χ2v) is 5.60. The first kappa shape index (κ1) is 13.1. The molecule has 0 aliphatic heterocycles. The van der Waals surface area contributed by atoms with Gasteiger partial charge in [-0.3, -0.25) is 4.90 Å². The number of benzene rings is 1.